The van der Waals surface area contributed by atoms with E-state index in [-0.39, 0.29) is 29.3 Å². The molecule has 0 aromatic carbocycles. The zero-order valence-corrected chi connectivity index (χ0v) is 11.0. The molecule has 1 aliphatic rings. The summed E-state index contributed by atoms with van der Waals surface area (Å²) in [6.45, 7) is -0.00426. The minimum absolute atomic E-state index is 0.00426. The first-order valence-corrected chi connectivity index (χ1v) is 7.34. The maximum Gasteiger partial charge on any atom is 0.246 e. The summed E-state index contributed by atoms with van der Waals surface area (Å²) in [7, 11) is -2.05. The highest BCUT2D eigenvalue weighted by molar-refractivity contribution is 7.89. The van der Waals surface area contributed by atoms with Gasteiger partial charge in [0.1, 0.15) is 4.90 Å². The van der Waals surface area contributed by atoms with Crippen LogP contribution in [0.1, 0.15) is 19.3 Å². The Hall–Kier alpha value is -1.12. The summed E-state index contributed by atoms with van der Waals surface area (Å²) in [5, 5.41) is 13.0. The summed E-state index contributed by atoms with van der Waals surface area (Å²) in [6.07, 6.45) is 3.87. The Morgan fingerprint density at radius 1 is 1.61 bits per heavy atom. The van der Waals surface area contributed by atoms with E-state index < -0.39 is 10.0 Å². The van der Waals surface area contributed by atoms with Crippen LogP contribution in [0.4, 0.5) is 5.82 Å². The third-order valence-electron chi connectivity index (χ3n) is 3.31. The van der Waals surface area contributed by atoms with Crippen molar-refractivity contribution in [1.82, 2.24) is 14.5 Å². The molecule has 0 bridgehead atoms. The van der Waals surface area contributed by atoms with Gasteiger partial charge in [0.15, 0.2) is 5.82 Å². The van der Waals surface area contributed by atoms with Crippen molar-refractivity contribution in [1.29, 1.82) is 0 Å². The SMILES string of the molecule is Cn1cc(S(=O)(=O)NC2CCCC2CO)c(N)n1. The fourth-order valence-corrected chi connectivity index (χ4v) is 3.81. The summed E-state index contributed by atoms with van der Waals surface area (Å²) >= 11 is 0. The van der Waals surface area contributed by atoms with E-state index >= 15 is 0 Å². The molecule has 0 amide bonds. The van der Waals surface area contributed by atoms with E-state index in [1.165, 1.54) is 10.9 Å². The van der Waals surface area contributed by atoms with Gasteiger partial charge in [-0.05, 0) is 18.8 Å². The standard InChI is InChI=1S/C10H18N4O3S/c1-14-5-9(10(11)12-14)18(16,17)13-8-4-2-3-7(8)6-15/h5,7-8,13,15H,2-4,6H2,1H3,(H2,11,12). The van der Waals surface area contributed by atoms with Crippen LogP contribution in [0, 0.1) is 5.92 Å². The maximum atomic E-state index is 12.2. The lowest BCUT2D eigenvalue weighted by atomic mass is 10.1. The molecule has 1 aliphatic carbocycles. The molecule has 1 heterocycles. The van der Waals surface area contributed by atoms with E-state index in [4.69, 9.17) is 5.73 Å². The number of aromatic nitrogens is 2. The van der Waals surface area contributed by atoms with Crippen LogP contribution in [0.2, 0.25) is 0 Å². The van der Waals surface area contributed by atoms with Crippen LogP contribution in [-0.2, 0) is 17.1 Å². The summed E-state index contributed by atoms with van der Waals surface area (Å²) < 4.78 is 28.3. The largest absolute Gasteiger partial charge is 0.396 e. The molecule has 102 valence electrons. The molecular formula is C10H18N4O3S. The molecule has 0 radical (unpaired) electrons. The number of hydrogen-bond donors (Lipinski definition) is 3. The minimum atomic E-state index is -3.67. The van der Waals surface area contributed by atoms with E-state index in [2.05, 4.69) is 9.82 Å². The number of anilines is 1. The summed E-state index contributed by atoms with van der Waals surface area (Å²) in [6, 6.07) is -0.223. The van der Waals surface area contributed by atoms with Crippen LogP contribution >= 0.6 is 0 Å². The number of nitrogen functional groups attached to an aromatic ring is 1. The normalized spacial score (nSPS) is 24.6. The molecule has 1 fully saturated rings. The van der Waals surface area contributed by atoms with Gasteiger partial charge in [-0.15, -0.1) is 0 Å². The van der Waals surface area contributed by atoms with Gasteiger partial charge in [-0.1, -0.05) is 6.42 Å². The zero-order chi connectivity index (χ0) is 13.3. The smallest absolute Gasteiger partial charge is 0.246 e. The lowest BCUT2D eigenvalue weighted by Gasteiger charge is -2.18. The second-order valence-electron chi connectivity index (χ2n) is 4.65. The molecule has 1 aromatic heterocycles. The average Bonchev–Trinajstić information content (AvgIpc) is 2.84. The van der Waals surface area contributed by atoms with Crippen molar-refractivity contribution in [3.63, 3.8) is 0 Å². The van der Waals surface area contributed by atoms with Crippen molar-refractivity contribution in [3.8, 4) is 0 Å². The zero-order valence-electron chi connectivity index (χ0n) is 10.2. The van der Waals surface area contributed by atoms with Crippen LogP contribution in [0.15, 0.2) is 11.1 Å². The van der Waals surface area contributed by atoms with Gasteiger partial charge >= 0.3 is 0 Å². The molecule has 8 heteroatoms. The van der Waals surface area contributed by atoms with Crippen molar-refractivity contribution in [2.75, 3.05) is 12.3 Å². The fourth-order valence-electron chi connectivity index (χ4n) is 2.36. The molecule has 2 rings (SSSR count). The topological polar surface area (TPSA) is 110 Å². The first-order valence-electron chi connectivity index (χ1n) is 5.86. The Labute approximate surface area is 106 Å². The number of aliphatic hydroxyl groups excluding tert-OH is 1. The number of rotatable bonds is 4. The molecule has 2 atom stereocenters. The molecule has 0 aliphatic heterocycles. The third kappa shape index (κ3) is 2.50. The first kappa shape index (κ1) is 13.3. The van der Waals surface area contributed by atoms with Crippen LogP contribution in [0.25, 0.3) is 0 Å². The molecule has 0 spiro atoms. The Bertz CT molecular complexity index is 525. The quantitative estimate of drug-likeness (QED) is 0.682. The van der Waals surface area contributed by atoms with Gasteiger partial charge in [-0.25, -0.2) is 13.1 Å². The van der Waals surface area contributed by atoms with Crippen LogP contribution < -0.4 is 10.5 Å². The molecule has 2 unspecified atom stereocenters. The van der Waals surface area contributed by atoms with Gasteiger partial charge in [0.2, 0.25) is 10.0 Å². The van der Waals surface area contributed by atoms with Gasteiger partial charge in [-0.3, -0.25) is 4.68 Å². The second-order valence-corrected chi connectivity index (χ2v) is 6.34. The first-order chi connectivity index (χ1) is 8.44. The molecule has 4 N–H and O–H groups in total. The van der Waals surface area contributed by atoms with Gasteiger partial charge in [0.25, 0.3) is 0 Å². The van der Waals surface area contributed by atoms with Crippen LogP contribution in [0.5, 0.6) is 0 Å². The second kappa shape index (κ2) is 4.87. The van der Waals surface area contributed by atoms with E-state index in [9.17, 15) is 13.5 Å². The Morgan fingerprint density at radius 3 is 2.89 bits per heavy atom. The maximum absolute atomic E-state index is 12.2. The van der Waals surface area contributed by atoms with Crippen LogP contribution in [0.3, 0.4) is 0 Å². The Balaban J connectivity index is 2.19. The highest BCUT2D eigenvalue weighted by Gasteiger charge is 2.32. The fraction of sp³-hybridized carbons (Fsp3) is 0.700. The Morgan fingerprint density at radius 2 is 2.33 bits per heavy atom. The number of nitrogens with zero attached hydrogens (tertiary/aromatic N) is 2. The average molecular weight is 274 g/mol. The number of nitrogens with two attached hydrogens (primary N) is 1. The van der Waals surface area contributed by atoms with Crippen molar-refractivity contribution in [2.45, 2.75) is 30.2 Å². The van der Waals surface area contributed by atoms with E-state index in [1.807, 2.05) is 0 Å². The number of nitrogens with one attached hydrogen (secondary N) is 1. The lowest BCUT2D eigenvalue weighted by molar-refractivity contribution is 0.213. The Kier molecular flexibility index (Phi) is 3.60. The summed E-state index contributed by atoms with van der Waals surface area (Å²) in [5.74, 6) is -0.0267. The molecule has 18 heavy (non-hydrogen) atoms. The van der Waals surface area contributed by atoms with Gasteiger partial charge < -0.3 is 10.8 Å². The van der Waals surface area contributed by atoms with Crippen molar-refractivity contribution >= 4 is 15.8 Å². The predicted molar refractivity (Wildman–Crippen MR) is 66.2 cm³/mol. The number of aliphatic hydroxyl groups is 1. The number of hydrogen-bond acceptors (Lipinski definition) is 5. The number of aryl methyl sites for hydroxylation is 1. The highest BCUT2D eigenvalue weighted by Crippen LogP contribution is 2.27. The molecule has 1 aromatic rings. The van der Waals surface area contributed by atoms with E-state index in [1.54, 1.807) is 7.05 Å². The summed E-state index contributed by atoms with van der Waals surface area (Å²) in [4.78, 5) is -0.00594. The molecule has 0 saturated heterocycles. The predicted octanol–water partition coefficient (Wildman–Crippen LogP) is -0.558. The van der Waals surface area contributed by atoms with Crippen molar-refractivity contribution < 1.29 is 13.5 Å². The van der Waals surface area contributed by atoms with Crippen molar-refractivity contribution in [2.24, 2.45) is 13.0 Å². The van der Waals surface area contributed by atoms with Gasteiger partial charge in [-0.2, -0.15) is 5.10 Å². The third-order valence-corrected chi connectivity index (χ3v) is 4.82. The van der Waals surface area contributed by atoms with E-state index in [0.29, 0.717) is 0 Å². The van der Waals surface area contributed by atoms with Gasteiger partial charge in [0.05, 0.1) is 0 Å². The lowest BCUT2D eigenvalue weighted by Crippen LogP contribution is -2.38. The van der Waals surface area contributed by atoms with Crippen molar-refractivity contribution in [3.05, 3.63) is 6.20 Å². The minimum Gasteiger partial charge on any atom is -0.396 e. The van der Waals surface area contributed by atoms with E-state index in [0.717, 1.165) is 19.3 Å². The molecular weight excluding hydrogens is 256 g/mol. The molecule has 1 saturated carbocycles. The monoisotopic (exact) mass is 274 g/mol. The highest BCUT2D eigenvalue weighted by atomic mass is 32.2. The van der Waals surface area contributed by atoms with Gasteiger partial charge in [0, 0.05) is 25.9 Å². The van der Waals surface area contributed by atoms with Crippen LogP contribution in [-0.4, -0.2) is 36.0 Å². The molecule has 7 nitrogen and oxygen atoms in total. The number of sulfonamides is 1. The summed E-state index contributed by atoms with van der Waals surface area (Å²) in [5.41, 5.74) is 5.57.